The van der Waals surface area contributed by atoms with Gasteiger partial charge in [-0.05, 0) is 18.2 Å². The molecule has 0 saturated carbocycles. The first-order chi connectivity index (χ1) is 8.78. The third-order valence-corrected chi connectivity index (χ3v) is 2.47. The fourth-order valence-electron chi connectivity index (χ4n) is 1.58. The summed E-state index contributed by atoms with van der Waals surface area (Å²) in [6.45, 7) is 0.469. The van der Waals surface area contributed by atoms with Gasteiger partial charge in [-0.3, -0.25) is 0 Å². The van der Waals surface area contributed by atoms with Crippen molar-refractivity contribution in [1.29, 1.82) is 0 Å². The highest BCUT2D eigenvalue weighted by Gasteiger charge is 2.14. The van der Waals surface area contributed by atoms with E-state index in [1.54, 1.807) is 26.4 Å². The summed E-state index contributed by atoms with van der Waals surface area (Å²) in [7, 11) is 3.19. The van der Waals surface area contributed by atoms with Crippen molar-refractivity contribution >= 4 is 0 Å². The van der Waals surface area contributed by atoms with Gasteiger partial charge in [0.2, 0.25) is 11.7 Å². The van der Waals surface area contributed by atoms with Crippen molar-refractivity contribution in [3.05, 3.63) is 24.1 Å². The van der Waals surface area contributed by atoms with Gasteiger partial charge in [0.15, 0.2) is 0 Å². The van der Waals surface area contributed by atoms with Crippen molar-refractivity contribution in [2.75, 3.05) is 20.8 Å². The van der Waals surface area contributed by atoms with E-state index in [1.165, 1.54) is 0 Å². The van der Waals surface area contributed by atoms with Crippen LogP contribution in [0.1, 0.15) is 5.89 Å². The Balaban J connectivity index is 2.40. The van der Waals surface area contributed by atoms with E-state index in [2.05, 4.69) is 10.1 Å². The standard InChI is InChI=1S/C12H15N3O3/c1-16-8-3-4-10(17-2)9(7-8)12-14-11(5-6-13)18-15-12/h3-4,7H,5-6,13H2,1-2H3. The second-order valence-electron chi connectivity index (χ2n) is 3.62. The van der Waals surface area contributed by atoms with Crippen LogP contribution in [0.3, 0.4) is 0 Å². The highest BCUT2D eigenvalue weighted by atomic mass is 16.5. The van der Waals surface area contributed by atoms with Crippen molar-refractivity contribution in [2.24, 2.45) is 5.73 Å². The molecule has 2 aromatic rings. The van der Waals surface area contributed by atoms with Crippen LogP contribution in [0.25, 0.3) is 11.4 Å². The SMILES string of the molecule is COc1ccc(OC)c(-c2noc(CCN)n2)c1. The number of ether oxygens (including phenoxy) is 2. The number of nitrogens with two attached hydrogens (primary N) is 1. The molecule has 2 N–H and O–H groups in total. The number of methoxy groups -OCH3 is 2. The molecule has 6 nitrogen and oxygen atoms in total. The van der Waals surface area contributed by atoms with E-state index >= 15 is 0 Å². The normalized spacial score (nSPS) is 10.4. The van der Waals surface area contributed by atoms with Crippen LogP contribution in [0, 0.1) is 0 Å². The Hall–Kier alpha value is -2.08. The molecule has 1 aromatic carbocycles. The van der Waals surface area contributed by atoms with E-state index in [9.17, 15) is 0 Å². The van der Waals surface area contributed by atoms with Gasteiger partial charge in [-0.25, -0.2) is 0 Å². The average molecular weight is 249 g/mol. The van der Waals surface area contributed by atoms with Crippen molar-refractivity contribution in [3.63, 3.8) is 0 Å². The fraction of sp³-hybridized carbons (Fsp3) is 0.333. The number of hydrogen-bond acceptors (Lipinski definition) is 6. The molecular weight excluding hydrogens is 234 g/mol. The van der Waals surface area contributed by atoms with Gasteiger partial charge in [0.05, 0.1) is 19.8 Å². The predicted octanol–water partition coefficient (Wildman–Crippen LogP) is 1.25. The lowest BCUT2D eigenvalue weighted by molar-refractivity contribution is 0.379. The zero-order valence-corrected chi connectivity index (χ0v) is 10.3. The first-order valence-electron chi connectivity index (χ1n) is 5.53. The van der Waals surface area contributed by atoms with Crippen LogP contribution in [0.5, 0.6) is 11.5 Å². The van der Waals surface area contributed by atoms with Gasteiger partial charge in [-0.15, -0.1) is 0 Å². The van der Waals surface area contributed by atoms with Crippen LogP contribution in [0.15, 0.2) is 22.7 Å². The van der Waals surface area contributed by atoms with Crippen molar-refractivity contribution in [1.82, 2.24) is 10.1 Å². The van der Waals surface area contributed by atoms with E-state index < -0.39 is 0 Å². The Morgan fingerprint density at radius 2 is 2.11 bits per heavy atom. The van der Waals surface area contributed by atoms with E-state index in [0.717, 1.165) is 5.56 Å². The molecule has 1 heterocycles. The summed E-state index contributed by atoms with van der Waals surface area (Å²) in [6.07, 6.45) is 0.555. The molecule has 0 bridgehead atoms. The molecule has 0 spiro atoms. The van der Waals surface area contributed by atoms with Gasteiger partial charge in [0.1, 0.15) is 11.5 Å². The number of rotatable bonds is 5. The number of aromatic nitrogens is 2. The molecule has 1 aromatic heterocycles. The monoisotopic (exact) mass is 249 g/mol. The lowest BCUT2D eigenvalue weighted by Crippen LogP contribution is -2.02. The molecule has 2 rings (SSSR count). The number of hydrogen-bond donors (Lipinski definition) is 1. The minimum Gasteiger partial charge on any atom is -0.497 e. The second kappa shape index (κ2) is 5.50. The van der Waals surface area contributed by atoms with Gasteiger partial charge >= 0.3 is 0 Å². The van der Waals surface area contributed by atoms with Crippen LogP contribution in [0.2, 0.25) is 0 Å². The van der Waals surface area contributed by atoms with Gasteiger partial charge in [-0.1, -0.05) is 5.16 Å². The third-order valence-electron chi connectivity index (χ3n) is 2.47. The van der Waals surface area contributed by atoms with Gasteiger partial charge in [-0.2, -0.15) is 4.98 Å². The highest BCUT2D eigenvalue weighted by Crippen LogP contribution is 2.31. The molecular formula is C12H15N3O3. The molecule has 6 heteroatoms. The molecule has 0 unspecified atom stereocenters. The summed E-state index contributed by atoms with van der Waals surface area (Å²) in [5.41, 5.74) is 6.16. The predicted molar refractivity (Wildman–Crippen MR) is 65.6 cm³/mol. The summed E-state index contributed by atoms with van der Waals surface area (Å²) in [5, 5.41) is 3.91. The van der Waals surface area contributed by atoms with Crippen LogP contribution >= 0.6 is 0 Å². The summed E-state index contributed by atoms with van der Waals surface area (Å²) >= 11 is 0. The Kier molecular flexibility index (Phi) is 3.78. The van der Waals surface area contributed by atoms with Crippen LogP contribution < -0.4 is 15.2 Å². The van der Waals surface area contributed by atoms with Crippen molar-refractivity contribution in [2.45, 2.75) is 6.42 Å². The topological polar surface area (TPSA) is 83.4 Å². The fourth-order valence-corrected chi connectivity index (χ4v) is 1.58. The summed E-state index contributed by atoms with van der Waals surface area (Å²) in [5.74, 6) is 2.35. The smallest absolute Gasteiger partial charge is 0.228 e. The Morgan fingerprint density at radius 3 is 2.78 bits per heavy atom. The number of benzene rings is 1. The minimum absolute atomic E-state index is 0.467. The van der Waals surface area contributed by atoms with Crippen molar-refractivity contribution < 1.29 is 14.0 Å². The Bertz CT molecular complexity index is 525. The molecule has 18 heavy (non-hydrogen) atoms. The first kappa shape index (κ1) is 12.4. The molecule has 0 radical (unpaired) electrons. The van der Waals surface area contributed by atoms with E-state index in [4.69, 9.17) is 19.7 Å². The third kappa shape index (κ3) is 2.43. The molecule has 0 atom stereocenters. The van der Waals surface area contributed by atoms with E-state index in [1.807, 2.05) is 6.07 Å². The van der Waals surface area contributed by atoms with Gasteiger partial charge in [0.25, 0.3) is 0 Å². The molecule has 0 amide bonds. The second-order valence-corrected chi connectivity index (χ2v) is 3.62. The largest absolute Gasteiger partial charge is 0.497 e. The summed E-state index contributed by atoms with van der Waals surface area (Å²) < 4.78 is 15.5. The van der Waals surface area contributed by atoms with Crippen molar-refractivity contribution in [3.8, 4) is 22.9 Å². The van der Waals surface area contributed by atoms with Gasteiger partial charge < -0.3 is 19.7 Å². The summed E-state index contributed by atoms with van der Waals surface area (Å²) in [4.78, 5) is 4.26. The Labute approximate surface area is 105 Å². The number of nitrogens with zero attached hydrogens (tertiary/aromatic N) is 2. The lowest BCUT2D eigenvalue weighted by atomic mass is 10.2. The van der Waals surface area contributed by atoms with E-state index in [0.29, 0.717) is 36.2 Å². The molecule has 0 aliphatic carbocycles. The van der Waals surface area contributed by atoms with Gasteiger partial charge in [0, 0.05) is 13.0 Å². The molecule has 0 aliphatic heterocycles. The quantitative estimate of drug-likeness (QED) is 0.858. The van der Waals surface area contributed by atoms with Crippen LogP contribution in [-0.2, 0) is 6.42 Å². The minimum atomic E-state index is 0.467. The molecule has 0 fully saturated rings. The maximum absolute atomic E-state index is 5.44. The zero-order chi connectivity index (χ0) is 13.0. The summed E-state index contributed by atoms with van der Waals surface area (Å²) in [6, 6.07) is 5.41. The first-order valence-corrected chi connectivity index (χ1v) is 5.53. The molecule has 96 valence electrons. The lowest BCUT2D eigenvalue weighted by Gasteiger charge is -2.06. The molecule has 0 aliphatic rings. The average Bonchev–Trinajstić information content (AvgIpc) is 2.87. The molecule has 0 saturated heterocycles. The van der Waals surface area contributed by atoms with Crippen LogP contribution in [0.4, 0.5) is 0 Å². The zero-order valence-electron chi connectivity index (χ0n) is 10.3. The maximum atomic E-state index is 5.44. The highest BCUT2D eigenvalue weighted by molar-refractivity contribution is 5.65. The van der Waals surface area contributed by atoms with Crippen LogP contribution in [-0.4, -0.2) is 30.9 Å². The Morgan fingerprint density at radius 1 is 1.28 bits per heavy atom. The van der Waals surface area contributed by atoms with E-state index in [-0.39, 0.29) is 0 Å². The maximum Gasteiger partial charge on any atom is 0.228 e.